The van der Waals surface area contributed by atoms with Crippen LogP contribution in [0, 0.1) is 0 Å². The molecule has 0 N–H and O–H groups in total. The predicted molar refractivity (Wildman–Crippen MR) is 129 cm³/mol. The van der Waals surface area contributed by atoms with Crippen molar-refractivity contribution < 1.29 is 28.5 Å². The maximum Gasteiger partial charge on any atom is 0.514 e. The molecule has 0 aliphatic heterocycles. The summed E-state index contributed by atoms with van der Waals surface area (Å²) in [6.07, 6.45) is 2.04. The lowest BCUT2D eigenvalue weighted by Crippen LogP contribution is -2.17. The topological polar surface area (TPSA) is 71.1 Å². The smallest absolute Gasteiger partial charge is 0.431 e. The van der Waals surface area contributed by atoms with Crippen LogP contribution in [0.2, 0.25) is 0 Å². The molecule has 0 spiro atoms. The van der Waals surface area contributed by atoms with Crippen LogP contribution in [-0.4, -0.2) is 24.5 Å². The second-order valence-electron chi connectivity index (χ2n) is 8.58. The van der Waals surface area contributed by atoms with Crippen molar-refractivity contribution in [1.82, 2.24) is 0 Å². The van der Waals surface area contributed by atoms with Crippen LogP contribution in [0.5, 0.6) is 11.5 Å². The number of carbonyl (C=O) groups excluding carboxylic acids is 2. The zero-order valence-corrected chi connectivity index (χ0v) is 20.0. The summed E-state index contributed by atoms with van der Waals surface area (Å²) in [5, 5.41) is 2.61. The highest BCUT2D eigenvalue weighted by atomic mass is 16.7. The van der Waals surface area contributed by atoms with Crippen LogP contribution in [0.4, 0.5) is 9.59 Å². The third kappa shape index (κ3) is 6.15. The van der Waals surface area contributed by atoms with E-state index in [-0.39, 0.29) is 12.2 Å². The number of hydrogen-bond donors (Lipinski definition) is 0. The van der Waals surface area contributed by atoms with Gasteiger partial charge in [0.15, 0.2) is 0 Å². The van der Waals surface area contributed by atoms with Crippen LogP contribution < -0.4 is 9.47 Å². The van der Waals surface area contributed by atoms with Gasteiger partial charge in [-0.25, -0.2) is 9.59 Å². The van der Waals surface area contributed by atoms with Crippen LogP contribution in [0.1, 0.15) is 59.4 Å². The summed E-state index contributed by atoms with van der Waals surface area (Å²) in [6, 6.07) is 13.3. The lowest BCUT2D eigenvalue weighted by atomic mass is 9.97. The molecular formula is C27H32O6. The molecule has 0 aromatic heterocycles. The largest absolute Gasteiger partial charge is 0.514 e. The third-order valence-electron chi connectivity index (χ3n) is 5.09. The summed E-state index contributed by atoms with van der Waals surface area (Å²) in [5.41, 5.74) is 1.11. The molecule has 0 bridgehead atoms. The minimum atomic E-state index is -0.781. The van der Waals surface area contributed by atoms with Crippen molar-refractivity contribution >= 4 is 33.9 Å². The second kappa shape index (κ2) is 11.0. The number of hydrogen-bond acceptors (Lipinski definition) is 6. The summed E-state index contributed by atoms with van der Waals surface area (Å²) >= 11 is 0. The molecule has 0 fully saturated rings. The van der Waals surface area contributed by atoms with Crippen molar-refractivity contribution in [3.8, 4) is 11.5 Å². The average Bonchev–Trinajstić information content (AvgIpc) is 2.75. The minimum absolute atomic E-state index is 0.311. The van der Waals surface area contributed by atoms with Crippen molar-refractivity contribution in [2.24, 2.45) is 0 Å². The molecule has 0 radical (unpaired) electrons. The molecule has 176 valence electrons. The number of unbranched alkanes of at least 4 members (excludes halogenated alkanes) is 2. The highest BCUT2D eigenvalue weighted by Gasteiger charge is 2.22. The SMILES string of the molecule is CCCCCc1ccc2c(OC(=O)OC(C)C)c3ccccc3c(OC(=O)OC(C)C)c2c1. The first-order valence-corrected chi connectivity index (χ1v) is 11.5. The molecule has 0 aliphatic rings. The Kier molecular flexibility index (Phi) is 8.15. The van der Waals surface area contributed by atoms with E-state index in [1.165, 1.54) is 0 Å². The molecule has 0 amide bonds. The Balaban J connectivity index is 2.19. The Morgan fingerprint density at radius 2 is 1.24 bits per heavy atom. The first-order valence-electron chi connectivity index (χ1n) is 11.5. The Morgan fingerprint density at radius 3 is 1.76 bits per heavy atom. The molecule has 0 saturated heterocycles. The molecule has 0 atom stereocenters. The molecule has 0 saturated carbocycles. The zero-order chi connectivity index (χ0) is 24.0. The first kappa shape index (κ1) is 24.4. The van der Waals surface area contributed by atoms with Gasteiger partial charge in [0.2, 0.25) is 0 Å². The number of aryl methyl sites for hydroxylation is 1. The standard InChI is InChI=1S/C27H32O6/c1-6-7-8-11-19-14-15-22-23(16-19)25(33-27(29)31-18(4)5)21-13-10-9-12-20(21)24(22)32-26(28)30-17(2)3/h9-10,12-18H,6-8,11H2,1-5H3. The molecule has 33 heavy (non-hydrogen) atoms. The van der Waals surface area contributed by atoms with E-state index in [0.717, 1.165) is 31.2 Å². The predicted octanol–water partition coefficient (Wildman–Crippen LogP) is 7.57. The molecule has 3 rings (SSSR count). The van der Waals surface area contributed by atoms with E-state index in [9.17, 15) is 9.59 Å². The molecule has 3 aromatic rings. The Labute approximate surface area is 194 Å². The van der Waals surface area contributed by atoms with Crippen LogP contribution in [-0.2, 0) is 15.9 Å². The van der Waals surface area contributed by atoms with Gasteiger partial charge in [-0.05, 0) is 52.2 Å². The molecule has 0 unspecified atom stereocenters. The van der Waals surface area contributed by atoms with Crippen molar-refractivity contribution in [2.75, 3.05) is 0 Å². The van der Waals surface area contributed by atoms with Gasteiger partial charge >= 0.3 is 12.3 Å². The van der Waals surface area contributed by atoms with Gasteiger partial charge in [-0.15, -0.1) is 0 Å². The van der Waals surface area contributed by atoms with Crippen molar-refractivity contribution in [2.45, 2.75) is 72.5 Å². The van der Waals surface area contributed by atoms with Gasteiger partial charge in [-0.1, -0.05) is 56.2 Å². The van der Waals surface area contributed by atoms with E-state index >= 15 is 0 Å². The Hall–Kier alpha value is -3.28. The van der Waals surface area contributed by atoms with E-state index in [4.69, 9.17) is 18.9 Å². The number of fused-ring (bicyclic) bond motifs is 2. The summed E-state index contributed by atoms with van der Waals surface area (Å²) in [6.45, 7) is 9.22. The molecule has 0 aliphatic carbocycles. The molecular weight excluding hydrogens is 420 g/mol. The van der Waals surface area contributed by atoms with Gasteiger partial charge in [0.25, 0.3) is 0 Å². The second-order valence-corrected chi connectivity index (χ2v) is 8.58. The fourth-order valence-electron chi connectivity index (χ4n) is 3.70. The van der Waals surface area contributed by atoms with Gasteiger partial charge in [0.05, 0.1) is 12.2 Å². The quantitative estimate of drug-likeness (QED) is 0.152. The fourth-order valence-corrected chi connectivity index (χ4v) is 3.70. The van der Waals surface area contributed by atoms with Crippen LogP contribution in [0.15, 0.2) is 42.5 Å². The fraction of sp³-hybridized carbons (Fsp3) is 0.407. The van der Waals surface area contributed by atoms with Gasteiger partial charge in [-0.2, -0.15) is 0 Å². The number of benzene rings is 3. The van der Waals surface area contributed by atoms with Gasteiger partial charge in [0, 0.05) is 21.5 Å². The van der Waals surface area contributed by atoms with Crippen molar-refractivity contribution in [3.05, 3.63) is 48.0 Å². The number of rotatable bonds is 8. The lowest BCUT2D eigenvalue weighted by molar-refractivity contribution is 0.0719. The zero-order valence-electron chi connectivity index (χ0n) is 20.0. The van der Waals surface area contributed by atoms with Gasteiger partial charge < -0.3 is 18.9 Å². The Morgan fingerprint density at radius 1 is 0.727 bits per heavy atom. The monoisotopic (exact) mass is 452 g/mol. The van der Waals surface area contributed by atoms with E-state index in [2.05, 4.69) is 6.92 Å². The molecule has 6 heteroatoms. The summed E-state index contributed by atoms with van der Waals surface area (Å²) in [5.74, 6) is 0.754. The average molecular weight is 453 g/mol. The molecule has 6 nitrogen and oxygen atoms in total. The highest BCUT2D eigenvalue weighted by Crippen LogP contribution is 2.43. The van der Waals surface area contributed by atoms with E-state index in [1.807, 2.05) is 42.5 Å². The minimum Gasteiger partial charge on any atom is -0.431 e. The van der Waals surface area contributed by atoms with Gasteiger partial charge in [-0.3, -0.25) is 0 Å². The summed E-state index contributed by atoms with van der Waals surface area (Å²) < 4.78 is 21.9. The maximum atomic E-state index is 12.4. The number of ether oxygens (including phenoxy) is 4. The molecule has 0 heterocycles. The van der Waals surface area contributed by atoms with E-state index in [0.29, 0.717) is 33.0 Å². The summed E-state index contributed by atoms with van der Waals surface area (Å²) in [4.78, 5) is 24.8. The van der Waals surface area contributed by atoms with Crippen LogP contribution in [0.3, 0.4) is 0 Å². The van der Waals surface area contributed by atoms with E-state index < -0.39 is 12.3 Å². The normalized spacial score (nSPS) is 11.2. The van der Waals surface area contributed by atoms with Crippen molar-refractivity contribution in [1.29, 1.82) is 0 Å². The molecule has 3 aromatic carbocycles. The van der Waals surface area contributed by atoms with Crippen LogP contribution in [0.25, 0.3) is 21.5 Å². The van der Waals surface area contributed by atoms with Crippen LogP contribution >= 0.6 is 0 Å². The third-order valence-corrected chi connectivity index (χ3v) is 5.09. The highest BCUT2D eigenvalue weighted by molar-refractivity contribution is 6.12. The first-order chi connectivity index (χ1) is 15.8. The maximum absolute atomic E-state index is 12.4. The van der Waals surface area contributed by atoms with E-state index in [1.54, 1.807) is 27.7 Å². The lowest BCUT2D eigenvalue weighted by Gasteiger charge is -2.18. The van der Waals surface area contributed by atoms with Gasteiger partial charge in [0.1, 0.15) is 11.5 Å². The van der Waals surface area contributed by atoms with Crippen molar-refractivity contribution in [3.63, 3.8) is 0 Å². The Bertz CT molecular complexity index is 1130. The summed E-state index contributed by atoms with van der Waals surface area (Å²) in [7, 11) is 0. The number of carbonyl (C=O) groups is 2.